The van der Waals surface area contributed by atoms with Crippen LogP contribution in [0.1, 0.15) is 23.8 Å². The fourth-order valence-electron chi connectivity index (χ4n) is 2.59. The van der Waals surface area contributed by atoms with E-state index in [1.54, 1.807) is 13.2 Å². The lowest BCUT2D eigenvalue weighted by Gasteiger charge is -2.29. The normalized spacial score (nSPS) is 18.7. The molecular weight excluding hydrogens is 360 g/mol. The molecule has 9 heteroatoms. The lowest BCUT2D eigenvalue weighted by atomic mass is 9.97. The van der Waals surface area contributed by atoms with Gasteiger partial charge in [0.2, 0.25) is 15.9 Å². The number of nitrogens with zero attached hydrogens (tertiary/aromatic N) is 1. The average molecular weight is 381 g/mol. The molecule has 1 saturated heterocycles. The van der Waals surface area contributed by atoms with Crippen LogP contribution in [-0.4, -0.2) is 51.6 Å². The summed E-state index contributed by atoms with van der Waals surface area (Å²) in [5.41, 5.74) is 0. The summed E-state index contributed by atoms with van der Waals surface area (Å²) in [7, 11) is -1.58. The summed E-state index contributed by atoms with van der Waals surface area (Å²) >= 11 is 7.34. The fourth-order valence-corrected chi connectivity index (χ4v) is 4.60. The molecule has 0 aliphatic carbocycles. The van der Waals surface area contributed by atoms with Gasteiger partial charge < -0.3 is 10.1 Å². The molecule has 1 aliphatic rings. The maximum absolute atomic E-state index is 12.3. The molecule has 0 radical (unpaired) electrons. The molecule has 6 nitrogen and oxygen atoms in total. The van der Waals surface area contributed by atoms with E-state index in [0.717, 1.165) is 4.88 Å². The number of sulfonamides is 1. The molecule has 2 rings (SSSR count). The molecule has 0 spiro atoms. The molecule has 0 aromatic carbocycles. The van der Waals surface area contributed by atoms with Gasteiger partial charge in [-0.15, -0.1) is 11.3 Å². The maximum Gasteiger partial charge on any atom is 0.223 e. The zero-order valence-corrected chi connectivity index (χ0v) is 15.5. The topological polar surface area (TPSA) is 75.7 Å². The Bertz CT molecular complexity index is 639. The van der Waals surface area contributed by atoms with E-state index in [1.165, 1.54) is 21.9 Å². The van der Waals surface area contributed by atoms with Crippen molar-refractivity contribution in [2.45, 2.75) is 18.9 Å². The Kier molecular flexibility index (Phi) is 6.44. The van der Waals surface area contributed by atoms with E-state index in [-0.39, 0.29) is 17.9 Å². The Balaban J connectivity index is 1.83. The number of methoxy groups -OCH3 is 1. The zero-order valence-electron chi connectivity index (χ0n) is 13.1. The van der Waals surface area contributed by atoms with Crippen molar-refractivity contribution in [2.24, 2.45) is 5.92 Å². The summed E-state index contributed by atoms with van der Waals surface area (Å²) in [5.74, 6) is -0.208. The summed E-state index contributed by atoms with van der Waals surface area (Å²) in [5, 5.41) is 2.90. The van der Waals surface area contributed by atoms with Crippen molar-refractivity contribution < 1.29 is 17.9 Å². The molecule has 0 bridgehead atoms. The van der Waals surface area contributed by atoms with Crippen LogP contribution in [0, 0.1) is 5.92 Å². The zero-order chi connectivity index (χ0) is 17.0. The second kappa shape index (κ2) is 7.94. The minimum atomic E-state index is -3.17. The number of ether oxygens (including phenoxy) is 1. The SMILES string of the molecule is CO[C@@H](CNC(=O)C1CCN(S(C)(=O)=O)CC1)c1ccc(Cl)s1. The quantitative estimate of drug-likeness (QED) is 0.817. The van der Waals surface area contributed by atoms with Crippen LogP contribution >= 0.6 is 22.9 Å². The Hall–Kier alpha value is -0.670. The summed E-state index contributed by atoms with van der Waals surface area (Å²) in [6, 6.07) is 3.69. The van der Waals surface area contributed by atoms with E-state index in [1.807, 2.05) is 6.07 Å². The number of halogens is 1. The Morgan fingerprint density at radius 1 is 1.48 bits per heavy atom. The van der Waals surface area contributed by atoms with Gasteiger partial charge in [0.15, 0.2) is 0 Å². The highest BCUT2D eigenvalue weighted by atomic mass is 35.5. The molecule has 0 unspecified atom stereocenters. The van der Waals surface area contributed by atoms with Crippen LogP contribution in [0.4, 0.5) is 0 Å². The first-order chi connectivity index (χ1) is 10.8. The van der Waals surface area contributed by atoms with E-state index < -0.39 is 10.0 Å². The van der Waals surface area contributed by atoms with Gasteiger partial charge in [0.1, 0.15) is 6.10 Å². The number of hydrogen-bond donors (Lipinski definition) is 1. The van der Waals surface area contributed by atoms with Crippen molar-refractivity contribution in [1.29, 1.82) is 0 Å². The van der Waals surface area contributed by atoms with E-state index in [2.05, 4.69) is 5.32 Å². The third kappa shape index (κ3) is 5.15. The number of piperidine rings is 1. The van der Waals surface area contributed by atoms with Crippen molar-refractivity contribution in [3.05, 3.63) is 21.3 Å². The molecule has 1 aliphatic heterocycles. The molecule has 23 heavy (non-hydrogen) atoms. The molecule has 0 saturated carbocycles. The first-order valence-electron chi connectivity index (χ1n) is 7.32. The summed E-state index contributed by atoms with van der Waals surface area (Å²) in [6.45, 7) is 1.16. The number of carbonyl (C=O) groups is 1. The Labute approximate surface area is 145 Å². The van der Waals surface area contributed by atoms with Crippen LogP contribution in [0.5, 0.6) is 0 Å². The molecule has 1 fully saturated rings. The Morgan fingerprint density at radius 2 is 2.13 bits per heavy atom. The molecular formula is C14H21ClN2O4S2. The highest BCUT2D eigenvalue weighted by molar-refractivity contribution is 7.88. The van der Waals surface area contributed by atoms with E-state index in [9.17, 15) is 13.2 Å². The van der Waals surface area contributed by atoms with Gasteiger partial charge in [-0.05, 0) is 25.0 Å². The van der Waals surface area contributed by atoms with Gasteiger partial charge in [0.25, 0.3) is 0 Å². The van der Waals surface area contributed by atoms with Crippen LogP contribution < -0.4 is 5.32 Å². The second-order valence-corrected chi connectivity index (χ2v) is 9.28. The largest absolute Gasteiger partial charge is 0.374 e. The van der Waals surface area contributed by atoms with Crippen LogP contribution in [-0.2, 0) is 19.6 Å². The van der Waals surface area contributed by atoms with Crippen molar-refractivity contribution in [3.63, 3.8) is 0 Å². The van der Waals surface area contributed by atoms with Crippen LogP contribution in [0.15, 0.2) is 12.1 Å². The third-order valence-corrected chi connectivity index (χ3v) is 6.58. The minimum Gasteiger partial charge on any atom is -0.374 e. The number of carbonyl (C=O) groups excluding carboxylic acids is 1. The monoisotopic (exact) mass is 380 g/mol. The maximum atomic E-state index is 12.3. The molecule has 2 heterocycles. The minimum absolute atomic E-state index is 0.0529. The fraction of sp³-hybridized carbons (Fsp3) is 0.643. The van der Waals surface area contributed by atoms with Gasteiger partial charge >= 0.3 is 0 Å². The predicted octanol–water partition coefficient (Wildman–Crippen LogP) is 1.88. The lowest BCUT2D eigenvalue weighted by molar-refractivity contribution is -0.126. The highest BCUT2D eigenvalue weighted by Gasteiger charge is 2.29. The first kappa shape index (κ1) is 18.7. The number of hydrogen-bond acceptors (Lipinski definition) is 5. The van der Waals surface area contributed by atoms with Gasteiger partial charge in [-0.1, -0.05) is 11.6 Å². The average Bonchev–Trinajstić information content (AvgIpc) is 2.93. The van der Waals surface area contributed by atoms with Crippen LogP contribution in [0.25, 0.3) is 0 Å². The van der Waals surface area contributed by atoms with Crippen LogP contribution in [0.2, 0.25) is 4.34 Å². The Morgan fingerprint density at radius 3 is 2.61 bits per heavy atom. The summed E-state index contributed by atoms with van der Waals surface area (Å²) < 4.78 is 30.4. The summed E-state index contributed by atoms with van der Waals surface area (Å²) in [4.78, 5) is 13.2. The molecule has 1 aromatic heterocycles. The highest BCUT2D eigenvalue weighted by Crippen LogP contribution is 2.28. The molecule has 1 N–H and O–H groups in total. The van der Waals surface area contributed by atoms with Crippen molar-refractivity contribution in [3.8, 4) is 0 Å². The lowest BCUT2D eigenvalue weighted by Crippen LogP contribution is -2.43. The number of rotatable bonds is 6. The molecule has 130 valence electrons. The van der Waals surface area contributed by atoms with Crippen LogP contribution in [0.3, 0.4) is 0 Å². The first-order valence-corrected chi connectivity index (χ1v) is 10.4. The molecule has 1 amide bonds. The number of thiophene rings is 1. The van der Waals surface area contributed by atoms with Gasteiger partial charge in [-0.3, -0.25) is 4.79 Å². The van der Waals surface area contributed by atoms with E-state index in [0.29, 0.717) is 36.8 Å². The van der Waals surface area contributed by atoms with Crippen molar-refractivity contribution >= 4 is 38.9 Å². The standard InChI is InChI=1S/C14H21ClN2O4S2/c1-21-11(12-3-4-13(15)22-12)9-16-14(18)10-5-7-17(8-6-10)23(2,19)20/h3-4,10-11H,5-9H2,1-2H3,(H,16,18)/t11-/m0/s1. The van der Waals surface area contributed by atoms with Gasteiger partial charge in [0, 0.05) is 37.5 Å². The van der Waals surface area contributed by atoms with Gasteiger partial charge in [0.05, 0.1) is 10.6 Å². The van der Waals surface area contributed by atoms with Gasteiger partial charge in [-0.2, -0.15) is 0 Å². The molecule has 1 aromatic rings. The van der Waals surface area contributed by atoms with E-state index >= 15 is 0 Å². The third-order valence-electron chi connectivity index (χ3n) is 3.95. The van der Waals surface area contributed by atoms with Crippen molar-refractivity contribution in [1.82, 2.24) is 9.62 Å². The van der Waals surface area contributed by atoms with Crippen molar-refractivity contribution in [2.75, 3.05) is 33.0 Å². The number of amides is 1. The summed E-state index contributed by atoms with van der Waals surface area (Å²) in [6.07, 6.45) is 2.05. The van der Waals surface area contributed by atoms with E-state index in [4.69, 9.17) is 16.3 Å². The smallest absolute Gasteiger partial charge is 0.223 e. The number of nitrogens with one attached hydrogen (secondary N) is 1. The molecule has 1 atom stereocenters. The second-order valence-electron chi connectivity index (χ2n) is 5.55. The predicted molar refractivity (Wildman–Crippen MR) is 91.2 cm³/mol. The van der Waals surface area contributed by atoms with Gasteiger partial charge in [-0.25, -0.2) is 12.7 Å².